The third kappa shape index (κ3) is 3.15. The summed E-state index contributed by atoms with van der Waals surface area (Å²) in [6.07, 6.45) is 0.482. The van der Waals surface area contributed by atoms with E-state index in [1.54, 1.807) is 11.3 Å². The van der Waals surface area contributed by atoms with Gasteiger partial charge in [-0.25, -0.2) is 0 Å². The Bertz CT molecular complexity index is 607. The fourth-order valence-electron chi connectivity index (χ4n) is 2.09. The third-order valence-electron chi connectivity index (χ3n) is 3.26. The smallest absolute Gasteiger partial charge is 0.224 e. The molecule has 1 aliphatic heterocycles. The van der Waals surface area contributed by atoms with Crippen LogP contribution in [0.5, 0.6) is 0 Å². The largest absolute Gasteiger partial charge is 0.355 e. The second-order valence-corrected chi connectivity index (χ2v) is 7.69. The lowest BCUT2D eigenvalue weighted by Crippen LogP contribution is -2.35. The molecule has 5 heteroatoms. The summed E-state index contributed by atoms with van der Waals surface area (Å²) in [7, 11) is 0. The molecule has 100 valence electrons. The molecule has 3 rings (SSSR count). The van der Waals surface area contributed by atoms with E-state index < -0.39 is 0 Å². The standard InChI is InChI=1S/C14H14BrNOS2/c15-11-1-2-13-12(4-11)10(8-19-13)3-14(17)16-5-9-6-18-7-9/h1-2,4,8-9H,3,5-7H2,(H,16,17). The number of halogens is 1. The van der Waals surface area contributed by atoms with Crippen molar-refractivity contribution in [2.45, 2.75) is 6.42 Å². The molecule has 1 aliphatic rings. The van der Waals surface area contributed by atoms with E-state index >= 15 is 0 Å². The summed E-state index contributed by atoms with van der Waals surface area (Å²) in [4.78, 5) is 12.0. The van der Waals surface area contributed by atoms with Crippen LogP contribution in [0, 0.1) is 5.92 Å². The minimum atomic E-state index is 0.136. The van der Waals surface area contributed by atoms with Gasteiger partial charge in [-0.2, -0.15) is 11.8 Å². The summed E-state index contributed by atoms with van der Waals surface area (Å²) in [5.74, 6) is 3.20. The first-order chi connectivity index (χ1) is 9.22. The zero-order valence-electron chi connectivity index (χ0n) is 10.3. The number of amides is 1. The first-order valence-corrected chi connectivity index (χ1v) is 9.05. The molecule has 2 aromatic rings. The molecular weight excluding hydrogens is 342 g/mol. The van der Waals surface area contributed by atoms with Crippen LogP contribution in [-0.4, -0.2) is 24.0 Å². The molecule has 1 aromatic heterocycles. The quantitative estimate of drug-likeness (QED) is 0.905. The molecule has 1 amide bonds. The number of fused-ring (bicyclic) bond motifs is 1. The van der Waals surface area contributed by atoms with Gasteiger partial charge in [0.15, 0.2) is 0 Å². The van der Waals surface area contributed by atoms with Crippen LogP contribution in [0.4, 0.5) is 0 Å². The molecule has 0 atom stereocenters. The van der Waals surface area contributed by atoms with Crippen molar-refractivity contribution >= 4 is 55.0 Å². The van der Waals surface area contributed by atoms with Crippen molar-refractivity contribution < 1.29 is 4.79 Å². The molecule has 0 saturated carbocycles. The third-order valence-corrected chi connectivity index (χ3v) is 6.18. The van der Waals surface area contributed by atoms with E-state index in [1.807, 2.05) is 17.8 Å². The summed E-state index contributed by atoms with van der Waals surface area (Å²) in [5, 5.41) is 6.32. The first kappa shape index (κ1) is 13.5. The molecule has 2 nitrogen and oxygen atoms in total. The van der Waals surface area contributed by atoms with E-state index in [1.165, 1.54) is 21.6 Å². The number of carbonyl (C=O) groups excluding carboxylic acids is 1. The number of thiophene rings is 1. The van der Waals surface area contributed by atoms with Gasteiger partial charge in [-0.05, 0) is 52.0 Å². The molecular formula is C14H14BrNOS2. The normalized spacial score (nSPS) is 15.4. The maximum absolute atomic E-state index is 12.0. The molecule has 2 heterocycles. The molecule has 19 heavy (non-hydrogen) atoms. The van der Waals surface area contributed by atoms with Gasteiger partial charge in [0.05, 0.1) is 6.42 Å². The van der Waals surface area contributed by atoms with Crippen LogP contribution >= 0.6 is 39.0 Å². The van der Waals surface area contributed by atoms with Gasteiger partial charge < -0.3 is 5.32 Å². The number of rotatable bonds is 4. The van der Waals surface area contributed by atoms with E-state index in [0.29, 0.717) is 12.3 Å². The SMILES string of the molecule is O=C(Cc1csc2ccc(Br)cc12)NCC1CSC1. The van der Waals surface area contributed by atoms with Crippen molar-refractivity contribution in [2.24, 2.45) is 5.92 Å². The molecule has 1 saturated heterocycles. The van der Waals surface area contributed by atoms with Gasteiger partial charge in [0.1, 0.15) is 0 Å². The van der Waals surface area contributed by atoms with Crippen LogP contribution in [0.3, 0.4) is 0 Å². The van der Waals surface area contributed by atoms with Crippen molar-refractivity contribution in [1.29, 1.82) is 0 Å². The Balaban J connectivity index is 1.66. The van der Waals surface area contributed by atoms with Crippen LogP contribution in [0.15, 0.2) is 28.1 Å². The average molecular weight is 356 g/mol. The molecule has 0 spiro atoms. The lowest BCUT2D eigenvalue weighted by Gasteiger charge is -2.24. The van der Waals surface area contributed by atoms with Gasteiger partial charge in [0.2, 0.25) is 5.91 Å². The molecule has 1 aromatic carbocycles. The second-order valence-electron chi connectivity index (χ2n) is 4.79. The minimum Gasteiger partial charge on any atom is -0.355 e. The summed E-state index contributed by atoms with van der Waals surface area (Å²) in [5.41, 5.74) is 1.13. The van der Waals surface area contributed by atoms with Gasteiger partial charge in [-0.1, -0.05) is 15.9 Å². The van der Waals surface area contributed by atoms with Gasteiger partial charge in [-0.3, -0.25) is 4.79 Å². The lowest BCUT2D eigenvalue weighted by molar-refractivity contribution is -0.120. The highest BCUT2D eigenvalue weighted by Gasteiger charge is 2.18. The Labute approximate surface area is 129 Å². The monoisotopic (exact) mass is 355 g/mol. The molecule has 0 aliphatic carbocycles. The fraction of sp³-hybridized carbons (Fsp3) is 0.357. The number of hydrogen-bond acceptors (Lipinski definition) is 3. The summed E-state index contributed by atoms with van der Waals surface area (Å²) in [6.45, 7) is 0.831. The van der Waals surface area contributed by atoms with Crippen LogP contribution in [0.1, 0.15) is 5.56 Å². The molecule has 1 N–H and O–H groups in total. The highest BCUT2D eigenvalue weighted by Crippen LogP contribution is 2.29. The minimum absolute atomic E-state index is 0.136. The predicted octanol–water partition coefficient (Wildman–Crippen LogP) is 3.69. The number of thioether (sulfide) groups is 1. The fourth-order valence-corrected chi connectivity index (χ4v) is 4.20. The van der Waals surface area contributed by atoms with Crippen LogP contribution < -0.4 is 5.32 Å². The summed E-state index contributed by atoms with van der Waals surface area (Å²) in [6, 6.07) is 6.23. The predicted molar refractivity (Wildman–Crippen MR) is 87.1 cm³/mol. The van der Waals surface area contributed by atoms with E-state index in [9.17, 15) is 4.79 Å². The molecule has 1 fully saturated rings. The molecule has 0 unspecified atom stereocenters. The maximum Gasteiger partial charge on any atom is 0.224 e. The van der Waals surface area contributed by atoms with Gasteiger partial charge in [-0.15, -0.1) is 11.3 Å². The van der Waals surface area contributed by atoms with Crippen molar-refractivity contribution in [3.8, 4) is 0 Å². The first-order valence-electron chi connectivity index (χ1n) is 6.22. The summed E-state index contributed by atoms with van der Waals surface area (Å²) < 4.78 is 2.30. The van der Waals surface area contributed by atoms with Gasteiger partial charge >= 0.3 is 0 Å². The van der Waals surface area contributed by atoms with E-state index in [0.717, 1.165) is 16.6 Å². The van der Waals surface area contributed by atoms with Crippen LogP contribution in [0.2, 0.25) is 0 Å². The van der Waals surface area contributed by atoms with Crippen molar-refractivity contribution in [2.75, 3.05) is 18.1 Å². The second kappa shape index (κ2) is 5.85. The average Bonchev–Trinajstić information content (AvgIpc) is 2.70. The Kier molecular flexibility index (Phi) is 4.15. The van der Waals surface area contributed by atoms with E-state index in [4.69, 9.17) is 0 Å². The number of hydrogen-bond donors (Lipinski definition) is 1. The van der Waals surface area contributed by atoms with E-state index in [2.05, 4.69) is 38.8 Å². The number of nitrogens with one attached hydrogen (secondary N) is 1. The van der Waals surface area contributed by atoms with Crippen molar-refractivity contribution in [1.82, 2.24) is 5.32 Å². The van der Waals surface area contributed by atoms with E-state index in [-0.39, 0.29) is 5.91 Å². The zero-order valence-corrected chi connectivity index (χ0v) is 13.5. The molecule has 0 radical (unpaired) electrons. The lowest BCUT2D eigenvalue weighted by atomic mass is 10.1. The Hall–Kier alpha value is -0.520. The highest BCUT2D eigenvalue weighted by molar-refractivity contribution is 9.10. The van der Waals surface area contributed by atoms with Gasteiger partial charge in [0, 0.05) is 15.7 Å². The topological polar surface area (TPSA) is 29.1 Å². The Morgan fingerprint density at radius 1 is 1.42 bits per heavy atom. The van der Waals surface area contributed by atoms with Crippen LogP contribution in [0.25, 0.3) is 10.1 Å². The Morgan fingerprint density at radius 2 is 2.26 bits per heavy atom. The molecule has 0 bridgehead atoms. The summed E-state index contributed by atoms with van der Waals surface area (Å²) >= 11 is 7.14. The van der Waals surface area contributed by atoms with Crippen LogP contribution in [-0.2, 0) is 11.2 Å². The van der Waals surface area contributed by atoms with Gasteiger partial charge in [0.25, 0.3) is 0 Å². The van der Waals surface area contributed by atoms with Crippen molar-refractivity contribution in [3.63, 3.8) is 0 Å². The number of carbonyl (C=O) groups is 1. The number of benzene rings is 1. The highest BCUT2D eigenvalue weighted by atomic mass is 79.9. The maximum atomic E-state index is 12.0. The van der Waals surface area contributed by atoms with Crippen molar-refractivity contribution in [3.05, 3.63) is 33.6 Å². The zero-order chi connectivity index (χ0) is 13.2. The Morgan fingerprint density at radius 3 is 3.00 bits per heavy atom.